The minimum absolute atomic E-state index is 0.0277. The Hall–Kier alpha value is -3.94. The van der Waals surface area contributed by atoms with Crippen LogP contribution in [-0.2, 0) is 16.8 Å². The Bertz CT molecular complexity index is 1520. The van der Waals surface area contributed by atoms with Gasteiger partial charge < -0.3 is 15.3 Å². The molecule has 0 saturated carbocycles. The van der Waals surface area contributed by atoms with Crippen LogP contribution in [0, 0.1) is 6.92 Å². The van der Waals surface area contributed by atoms with E-state index in [9.17, 15) is 22.6 Å². The molecule has 1 fully saturated rings. The first-order chi connectivity index (χ1) is 17.9. The van der Waals surface area contributed by atoms with E-state index in [1.165, 1.54) is 18.3 Å². The van der Waals surface area contributed by atoms with Gasteiger partial charge in [-0.05, 0) is 31.0 Å². The van der Waals surface area contributed by atoms with Crippen molar-refractivity contribution in [1.29, 1.82) is 0 Å². The second kappa shape index (κ2) is 10.4. The highest BCUT2D eigenvalue weighted by atomic mass is 32.2. The van der Waals surface area contributed by atoms with Gasteiger partial charge in [-0.3, -0.25) is 9.48 Å². The van der Waals surface area contributed by atoms with Crippen molar-refractivity contribution < 1.29 is 27.7 Å². The Morgan fingerprint density at radius 3 is 2.66 bits per heavy atom. The number of alkyl halides is 2. The van der Waals surface area contributed by atoms with E-state index < -0.39 is 27.7 Å². The largest absolute Gasteiger partial charge is 0.463 e. The quantitative estimate of drug-likeness (QED) is 0.484. The zero-order valence-electron chi connectivity index (χ0n) is 21.0. The van der Waals surface area contributed by atoms with Gasteiger partial charge in [0.25, 0.3) is 5.91 Å². The Kier molecular flexibility index (Phi) is 7.44. The van der Waals surface area contributed by atoms with E-state index in [1.807, 2.05) is 0 Å². The SMILES string of the molecule is Cc1c(-c2cnn(C)c2)cnc(N2CCCC(F)(F)CC2)c1C(=O)Nc1ccnc(S(C)(=O)=NC(=O)O)c1. The van der Waals surface area contributed by atoms with Crippen LogP contribution in [0.1, 0.15) is 35.2 Å². The molecule has 1 aliphatic heterocycles. The van der Waals surface area contributed by atoms with Gasteiger partial charge in [-0.1, -0.05) is 0 Å². The number of hydrogen-bond donors (Lipinski definition) is 2. The normalized spacial score (nSPS) is 16.8. The number of halogens is 2. The highest BCUT2D eigenvalue weighted by Crippen LogP contribution is 2.34. The summed E-state index contributed by atoms with van der Waals surface area (Å²) in [5, 5.41) is 15.7. The number of pyridine rings is 2. The number of amides is 2. The Morgan fingerprint density at radius 1 is 1.21 bits per heavy atom. The molecule has 4 heterocycles. The third-order valence-electron chi connectivity index (χ3n) is 6.21. The molecular formula is C24H27F2N7O4S. The van der Waals surface area contributed by atoms with E-state index in [0.717, 1.165) is 11.8 Å². The first kappa shape index (κ1) is 27.1. The maximum atomic E-state index is 14.1. The average Bonchev–Trinajstić information content (AvgIpc) is 3.17. The van der Waals surface area contributed by atoms with Crippen molar-refractivity contribution in [2.45, 2.75) is 37.1 Å². The van der Waals surface area contributed by atoms with Gasteiger partial charge >= 0.3 is 6.09 Å². The number of aryl methyl sites for hydroxylation is 1. The predicted molar refractivity (Wildman–Crippen MR) is 137 cm³/mol. The Morgan fingerprint density at radius 2 is 1.97 bits per heavy atom. The molecule has 1 atom stereocenters. The number of hydrogen-bond acceptors (Lipinski definition) is 7. The van der Waals surface area contributed by atoms with Gasteiger partial charge in [0, 0.05) is 74.6 Å². The fourth-order valence-electron chi connectivity index (χ4n) is 4.31. The first-order valence-corrected chi connectivity index (χ1v) is 13.6. The van der Waals surface area contributed by atoms with Crippen LogP contribution in [-0.4, -0.2) is 66.3 Å². The summed E-state index contributed by atoms with van der Waals surface area (Å²) in [6.07, 6.45) is 5.47. The number of aromatic nitrogens is 4. The lowest BCUT2D eigenvalue weighted by atomic mass is 9.99. The molecule has 0 aliphatic carbocycles. The standard InChI is InChI=1S/C24H27F2N7O4S/c1-15-18(16-12-29-32(2)14-16)13-28-21(33-9-4-6-24(25,26)7-10-33)20(15)22(34)30-17-5-8-27-19(11-17)38(3,37)31-23(35)36/h5,8,11-14H,4,6-7,9-10H2,1-3H3,(H,35,36)(H,27,30,34). The highest BCUT2D eigenvalue weighted by Gasteiger charge is 2.33. The second-order valence-electron chi connectivity index (χ2n) is 9.11. The number of nitrogens with one attached hydrogen (secondary N) is 1. The molecule has 1 aliphatic rings. The van der Waals surface area contributed by atoms with Crippen LogP contribution in [0.3, 0.4) is 0 Å². The monoisotopic (exact) mass is 547 g/mol. The lowest BCUT2D eigenvalue weighted by Gasteiger charge is -2.25. The van der Waals surface area contributed by atoms with E-state index in [1.54, 1.807) is 42.1 Å². The summed E-state index contributed by atoms with van der Waals surface area (Å²) in [7, 11) is -1.60. The minimum Gasteiger partial charge on any atom is -0.463 e. The lowest BCUT2D eigenvalue weighted by Crippen LogP contribution is -2.30. The van der Waals surface area contributed by atoms with Crippen molar-refractivity contribution in [3.63, 3.8) is 0 Å². The van der Waals surface area contributed by atoms with Crippen molar-refractivity contribution in [3.8, 4) is 11.1 Å². The average molecular weight is 548 g/mol. The Labute approximate surface area is 218 Å². The van der Waals surface area contributed by atoms with Crippen LogP contribution in [0.5, 0.6) is 0 Å². The van der Waals surface area contributed by atoms with Gasteiger partial charge in [-0.2, -0.15) is 5.10 Å². The van der Waals surface area contributed by atoms with Crippen molar-refractivity contribution in [2.24, 2.45) is 11.4 Å². The van der Waals surface area contributed by atoms with Gasteiger partial charge in [0.05, 0.1) is 11.8 Å². The van der Waals surface area contributed by atoms with E-state index in [0.29, 0.717) is 17.7 Å². The van der Waals surface area contributed by atoms with Crippen LogP contribution >= 0.6 is 0 Å². The van der Waals surface area contributed by atoms with Gasteiger partial charge in [-0.25, -0.2) is 27.8 Å². The molecule has 0 radical (unpaired) electrons. The number of carbonyl (C=O) groups excluding carboxylic acids is 1. The van der Waals surface area contributed by atoms with E-state index in [2.05, 4.69) is 24.7 Å². The molecule has 1 saturated heterocycles. The molecule has 202 valence electrons. The molecule has 4 rings (SSSR count). The molecule has 2 N–H and O–H groups in total. The maximum Gasteiger partial charge on any atom is 0.439 e. The van der Waals surface area contributed by atoms with Crippen LogP contribution < -0.4 is 10.2 Å². The summed E-state index contributed by atoms with van der Waals surface area (Å²) in [4.78, 5) is 34.8. The highest BCUT2D eigenvalue weighted by molar-refractivity contribution is 7.93. The molecule has 3 aromatic heterocycles. The fourth-order valence-corrected chi connectivity index (χ4v) is 5.31. The molecule has 0 aromatic carbocycles. The molecule has 3 aromatic rings. The summed E-state index contributed by atoms with van der Waals surface area (Å²) in [6, 6.07) is 2.74. The summed E-state index contributed by atoms with van der Waals surface area (Å²) < 4.78 is 45.7. The molecule has 14 heteroatoms. The molecule has 0 spiro atoms. The van der Waals surface area contributed by atoms with Crippen LogP contribution in [0.4, 0.5) is 25.1 Å². The van der Waals surface area contributed by atoms with Gasteiger partial charge in [0.15, 0.2) is 0 Å². The van der Waals surface area contributed by atoms with E-state index in [-0.39, 0.29) is 47.9 Å². The van der Waals surface area contributed by atoms with E-state index in [4.69, 9.17) is 5.11 Å². The first-order valence-electron chi connectivity index (χ1n) is 11.7. The zero-order valence-corrected chi connectivity index (χ0v) is 21.8. The number of anilines is 2. The smallest absolute Gasteiger partial charge is 0.439 e. The third-order valence-corrected chi connectivity index (χ3v) is 7.72. The van der Waals surface area contributed by atoms with Crippen molar-refractivity contribution >= 4 is 33.2 Å². The molecule has 0 bridgehead atoms. The number of nitrogens with zero attached hydrogens (tertiary/aromatic N) is 6. The minimum atomic E-state index is -3.36. The summed E-state index contributed by atoms with van der Waals surface area (Å²) in [5.74, 6) is -3.08. The summed E-state index contributed by atoms with van der Waals surface area (Å²) >= 11 is 0. The molecule has 38 heavy (non-hydrogen) atoms. The second-order valence-corrected chi connectivity index (χ2v) is 11.3. The number of carboxylic acid groups (broad SMARTS) is 1. The van der Waals surface area contributed by atoms with Gasteiger partial charge in [0.2, 0.25) is 5.92 Å². The van der Waals surface area contributed by atoms with Crippen molar-refractivity contribution in [3.05, 3.63) is 48.0 Å². The van der Waals surface area contributed by atoms with Crippen LogP contribution in [0.15, 0.2) is 46.3 Å². The summed E-state index contributed by atoms with van der Waals surface area (Å²) in [5.41, 5.74) is 2.36. The van der Waals surface area contributed by atoms with Gasteiger partial charge in [-0.15, -0.1) is 4.36 Å². The topological polar surface area (TPSA) is 143 Å². The maximum absolute atomic E-state index is 14.1. The van der Waals surface area contributed by atoms with Gasteiger partial charge in [0.1, 0.15) is 20.6 Å². The van der Waals surface area contributed by atoms with Crippen molar-refractivity contribution in [2.75, 3.05) is 29.6 Å². The molecular weight excluding hydrogens is 520 g/mol. The zero-order chi connectivity index (χ0) is 27.7. The summed E-state index contributed by atoms with van der Waals surface area (Å²) in [6.45, 7) is 2.08. The number of carbonyl (C=O) groups is 2. The van der Waals surface area contributed by atoms with Crippen LogP contribution in [0.2, 0.25) is 0 Å². The third kappa shape index (κ3) is 5.96. The fraction of sp³-hybridized carbons (Fsp3) is 0.375. The molecule has 1 unspecified atom stereocenters. The van der Waals surface area contributed by atoms with Crippen molar-refractivity contribution in [1.82, 2.24) is 19.7 Å². The molecule has 11 nitrogen and oxygen atoms in total. The van der Waals surface area contributed by atoms with Crippen LogP contribution in [0.25, 0.3) is 11.1 Å². The Balaban J connectivity index is 1.76. The number of rotatable bonds is 5. The molecule has 2 amide bonds. The van der Waals surface area contributed by atoms with E-state index >= 15 is 0 Å². The lowest BCUT2D eigenvalue weighted by molar-refractivity contribution is -0.0102. The predicted octanol–water partition coefficient (Wildman–Crippen LogP) is 4.20.